The summed E-state index contributed by atoms with van der Waals surface area (Å²) in [6.07, 6.45) is 0. The highest BCUT2D eigenvalue weighted by Gasteiger charge is 2.14. The Balaban J connectivity index is 2.22. The van der Waals surface area contributed by atoms with Gasteiger partial charge in [0.2, 0.25) is 0 Å². The van der Waals surface area contributed by atoms with Crippen LogP contribution < -0.4 is 0 Å². The van der Waals surface area contributed by atoms with Crippen LogP contribution in [0, 0.1) is 17.5 Å². The number of nitrogens with one attached hydrogen (secondary N) is 1. The van der Waals surface area contributed by atoms with E-state index in [9.17, 15) is 4.39 Å². The van der Waals surface area contributed by atoms with Crippen molar-refractivity contribution >= 4 is 23.6 Å². The van der Waals surface area contributed by atoms with Gasteiger partial charge in [0.1, 0.15) is 10.8 Å². The van der Waals surface area contributed by atoms with Crippen molar-refractivity contribution in [2.45, 2.75) is 6.92 Å². The molecule has 2 heterocycles. The van der Waals surface area contributed by atoms with E-state index in [0.29, 0.717) is 21.3 Å². The second-order valence-electron chi connectivity index (χ2n) is 3.79. The van der Waals surface area contributed by atoms with E-state index in [0.717, 1.165) is 5.01 Å². The molecular weight excluding hydrogens is 285 g/mol. The molecule has 0 radical (unpaired) electrons. The zero-order chi connectivity index (χ0) is 13.4. The first kappa shape index (κ1) is 12.1. The molecule has 1 N–H and O–H groups in total. The third-order valence-corrected chi connectivity index (χ3v) is 3.56. The molecular formula is C11H8FN5S2. The normalized spacial score (nSPS) is 10.8. The predicted molar refractivity (Wildman–Crippen MR) is 72.3 cm³/mol. The first-order chi connectivity index (χ1) is 9.15. The minimum absolute atomic E-state index is 0.333. The van der Waals surface area contributed by atoms with E-state index in [2.05, 4.69) is 20.4 Å². The SMILES string of the molecule is Cc1nnc(-c2n[nH]c(=S)n2-c2cccc(F)c2)s1. The van der Waals surface area contributed by atoms with Crippen LogP contribution in [0.1, 0.15) is 5.01 Å². The number of aromatic amines is 1. The number of benzene rings is 1. The number of H-pyrrole nitrogens is 1. The lowest BCUT2D eigenvalue weighted by Gasteiger charge is -2.04. The largest absolute Gasteiger partial charge is 0.266 e. The Kier molecular flexibility index (Phi) is 2.96. The van der Waals surface area contributed by atoms with E-state index in [1.807, 2.05) is 6.92 Å². The number of hydrogen-bond acceptors (Lipinski definition) is 5. The lowest BCUT2D eigenvalue weighted by atomic mass is 10.3. The molecule has 2 aromatic heterocycles. The van der Waals surface area contributed by atoms with Crippen molar-refractivity contribution in [3.63, 3.8) is 0 Å². The summed E-state index contributed by atoms with van der Waals surface area (Å²) < 4.78 is 15.3. The van der Waals surface area contributed by atoms with E-state index in [1.54, 1.807) is 16.7 Å². The van der Waals surface area contributed by atoms with E-state index in [4.69, 9.17) is 12.2 Å². The maximum Gasteiger partial charge on any atom is 0.200 e. The highest BCUT2D eigenvalue weighted by molar-refractivity contribution is 7.71. The van der Waals surface area contributed by atoms with Gasteiger partial charge in [0, 0.05) is 0 Å². The molecule has 3 aromatic rings. The zero-order valence-electron chi connectivity index (χ0n) is 9.79. The zero-order valence-corrected chi connectivity index (χ0v) is 11.4. The van der Waals surface area contributed by atoms with Crippen molar-refractivity contribution in [1.29, 1.82) is 0 Å². The predicted octanol–water partition coefficient (Wildman–Crippen LogP) is 2.90. The van der Waals surface area contributed by atoms with Crippen LogP contribution >= 0.6 is 23.6 Å². The van der Waals surface area contributed by atoms with Crippen molar-refractivity contribution in [2.75, 3.05) is 0 Å². The summed E-state index contributed by atoms with van der Waals surface area (Å²) in [7, 11) is 0. The molecule has 0 spiro atoms. The Morgan fingerprint density at radius 1 is 1.37 bits per heavy atom. The molecule has 96 valence electrons. The second-order valence-corrected chi connectivity index (χ2v) is 5.36. The molecule has 19 heavy (non-hydrogen) atoms. The van der Waals surface area contributed by atoms with Crippen molar-refractivity contribution in [3.05, 3.63) is 39.9 Å². The van der Waals surface area contributed by atoms with Gasteiger partial charge in [0.15, 0.2) is 15.6 Å². The second kappa shape index (κ2) is 4.63. The molecule has 0 unspecified atom stereocenters. The van der Waals surface area contributed by atoms with Gasteiger partial charge in [-0.1, -0.05) is 17.4 Å². The van der Waals surface area contributed by atoms with Crippen LogP contribution in [0.25, 0.3) is 16.5 Å². The van der Waals surface area contributed by atoms with Gasteiger partial charge in [-0.15, -0.1) is 10.2 Å². The number of aryl methyl sites for hydroxylation is 1. The summed E-state index contributed by atoms with van der Waals surface area (Å²) in [6.45, 7) is 1.86. The molecule has 1 aromatic carbocycles. The molecule has 3 rings (SSSR count). The lowest BCUT2D eigenvalue weighted by molar-refractivity contribution is 0.626. The minimum Gasteiger partial charge on any atom is -0.266 e. The van der Waals surface area contributed by atoms with Crippen LogP contribution in [0.3, 0.4) is 0 Å². The van der Waals surface area contributed by atoms with Gasteiger partial charge in [-0.25, -0.2) is 4.39 Å². The summed E-state index contributed by atoms with van der Waals surface area (Å²) in [4.78, 5) is 0. The van der Waals surface area contributed by atoms with E-state index in [-0.39, 0.29) is 5.82 Å². The topological polar surface area (TPSA) is 59.4 Å². The summed E-state index contributed by atoms with van der Waals surface area (Å²) in [5.74, 6) is 0.196. The fourth-order valence-corrected chi connectivity index (χ4v) is 2.59. The van der Waals surface area contributed by atoms with Crippen LogP contribution in [0.15, 0.2) is 24.3 Å². The highest BCUT2D eigenvalue weighted by atomic mass is 32.1. The maximum absolute atomic E-state index is 13.3. The Bertz CT molecular complexity index is 788. The fraction of sp³-hybridized carbons (Fsp3) is 0.0909. The first-order valence-electron chi connectivity index (χ1n) is 5.39. The minimum atomic E-state index is -0.333. The smallest absolute Gasteiger partial charge is 0.200 e. The van der Waals surface area contributed by atoms with Crippen molar-refractivity contribution < 1.29 is 4.39 Å². The summed E-state index contributed by atoms with van der Waals surface area (Å²) in [6, 6.07) is 6.14. The third kappa shape index (κ3) is 2.20. The van der Waals surface area contributed by atoms with Gasteiger partial charge in [0.25, 0.3) is 0 Å². The molecule has 0 saturated carbocycles. The standard InChI is InChI=1S/C11H8FN5S2/c1-6-13-15-10(19-6)9-14-16-11(18)17(9)8-4-2-3-7(12)5-8/h2-5H,1H3,(H,16,18). The molecule has 0 aliphatic carbocycles. The van der Waals surface area contributed by atoms with Crippen LogP contribution in [-0.4, -0.2) is 25.0 Å². The first-order valence-corrected chi connectivity index (χ1v) is 6.61. The van der Waals surface area contributed by atoms with Gasteiger partial charge < -0.3 is 0 Å². The van der Waals surface area contributed by atoms with Gasteiger partial charge >= 0.3 is 0 Å². The molecule has 8 heteroatoms. The fourth-order valence-electron chi connectivity index (χ4n) is 1.68. The van der Waals surface area contributed by atoms with Gasteiger partial charge in [0.05, 0.1) is 5.69 Å². The lowest BCUT2D eigenvalue weighted by Crippen LogP contribution is -1.98. The molecule has 5 nitrogen and oxygen atoms in total. The number of halogens is 1. The monoisotopic (exact) mass is 293 g/mol. The summed E-state index contributed by atoms with van der Waals surface area (Å²) in [5, 5.41) is 16.3. The van der Waals surface area contributed by atoms with E-state index < -0.39 is 0 Å². The van der Waals surface area contributed by atoms with Gasteiger partial charge in [-0.05, 0) is 37.3 Å². The Labute approximate surface area is 116 Å². The molecule has 0 atom stereocenters. The van der Waals surface area contributed by atoms with Crippen molar-refractivity contribution in [3.8, 4) is 16.5 Å². The average Bonchev–Trinajstić information content (AvgIpc) is 2.95. The Morgan fingerprint density at radius 3 is 2.89 bits per heavy atom. The summed E-state index contributed by atoms with van der Waals surface area (Å²) >= 11 is 6.59. The van der Waals surface area contributed by atoms with Crippen molar-refractivity contribution in [1.82, 2.24) is 25.0 Å². The van der Waals surface area contributed by atoms with Gasteiger partial charge in [-0.2, -0.15) is 5.10 Å². The van der Waals surface area contributed by atoms with E-state index in [1.165, 1.54) is 23.5 Å². The summed E-state index contributed by atoms with van der Waals surface area (Å²) in [5.41, 5.74) is 0.599. The van der Waals surface area contributed by atoms with E-state index >= 15 is 0 Å². The maximum atomic E-state index is 13.3. The Hall–Kier alpha value is -1.93. The van der Waals surface area contributed by atoms with Crippen LogP contribution in [-0.2, 0) is 0 Å². The van der Waals surface area contributed by atoms with Crippen LogP contribution in [0.2, 0.25) is 0 Å². The highest BCUT2D eigenvalue weighted by Crippen LogP contribution is 2.24. The van der Waals surface area contributed by atoms with Crippen LogP contribution in [0.4, 0.5) is 4.39 Å². The quantitative estimate of drug-likeness (QED) is 0.738. The molecule has 0 aliphatic rings. The number of rotatable bonds is 2. The van der Waals surface area contributed by atoms with Crippen molar-refractivity contribution in [2.24, 2.45) is 0 Å². The number of nitrogens with zero attached hydrogens (tertiary/aromatic N) is 4. The molecule has 0 bridgehead atoms. The molecule has 0 amide bonds. The Morgan fingerprint density at radius 2 is 2.21 bits per heavy atom. The third-order valence-electron chi connectivity index (χ3n) is 2.46. The van der Waals surface area contributed by atoms with Crippen LogP contribution in [0.5, 0.6) is 0 Å². The van der Waals surface area contributed by atoms with Gasteiger partial charge in [-0.3, -0.25) is 9.67 Å². The molecule has 0 saturated heterocycles. The number of aromatic nitrogens is 5. The molecule has 0 aliphatic heterocycles. The average molecular weight is 293 g/mol. The number of hydrogen-bond donors (Lipinski definition) is 1. The molecule has 0 fully saturated rings.